The van der Waals surface area contributed by atoms with Crippen molar-refractivity contribution in [2.45, 2.75) is 25.3 Å². The standard InChI is InChI=1S/C13H18N2O/c1-16-11-5-6-12-13(9-11)15(10-3-4-10)8-2-7-14-12/h5-6,9-10,14H,2-4,7-8H2,1H3. The molecule has 1 aliphatic carbocycles. The average molecular weight is 218 g/mol. The molecule has 1 saturated carbocycles. The van der Waals surface area contributed by atoms with Crippen LogP contribution < -0.4 is 15.0 Å². The van der Waals surface area contributed by atoms with E-state index in [1.165, 1.54) is 30.6 Å². The Hall–Kier alpha value is -1.38. The smallest absolute Gasteiger partial charge is 0.121 e. The summed E-state index contributed by atoms with van der Waals surface area (Å²) < 4.78 is 5.32. The molecular formula is C13H18N2O. The van der Waals surface area contributed by atoms with Crippen LogP contribution in [0.5, 0.6) is 5.75 Å². The van der Waals surface area contributed by atoms with E-state index in [1.54, 1.807) is 7.11 Å². The van der Waals surface area contributed by atoms with Crippen LogP contribution >= 0.6 is 0 Å². The van der Waals surface area contributed by atoms with E-state index in [2.05, 4.69) is 22.3 Å². The Morgan fingerprint density at radius 2 is 2.25 bits per heavy atom. The van der Waals surface area contributed by atoms with Crippen LogP contribution in [0.25, 0.3) is 0 Å². The highest BCUT2D eigenvalue weighted by atomic mass is 16.5. The fraction of sp³-hybridized carbons (Fsp3) is 0.538. The first-order valence-electron chi connectivity index (χ1n) is 6.07. The Morgan fingerprint density at radius 1 is 1.38 bits per heavy atom. The third kappa shape index (κ3) is 1.70. The van der Waals surface area contributed by atoms with Crippen molar-refractivity contribution in [1.82, 2.24) is 0 Å². The molecule has 0 amide bonds. The molecule has 3 rings (SSSR count). The maximum atomic E-state index is 5.32. The number of hydrogen-bond donors (Lipinski definition) is 1. The van der Waals surface area contributed by atoms with Crippen LogP contribution in [0.15, 0.2) is 18.2 Å². The van der Waals surface area contributed by atoms with Crippen LogP contribution in [0, 0.1) is 0 Å². The van der Waals surface area contributed by atoms with Gasteiger partial charge in [0.15, 0.2) is 0 Å². The minimum Gasteiger partial charge on any atom is -0.497 e. The second-order valence-electron chi connectivity index (χ2n) is 4.59. The van der Waals surface area contributed by atoms with Gasteiger partial charge in [-0.3, -0.25) is 0 Å². The van der Waals surface area contributed by atoms with Crippen molar-refractivity contribution in [3.8, 4) is 5.75 Å². The third-order valence-corrected chi connectivity index (χ3v) is 3.39. The molecular weight excluding hydrogens is 200 g/mol. The lowest BCUT2D eigenvalue weighted by molar-refractivity contribution is 0.415. The number of nitrogens with one attached hydrogen (secondary N) is 1. The summed E-state index contributed by atoms with van der Waals surface area (Å²) in [4.78, 5) is 2.54. The summed E-state index contributed by atoms with van der Waals surface area (Å²) in [7, 11) is 1.73. The van der Waals surface area contributed by atoms with Gasteiger partial charge < -0.3 is 15.0 Å². The third-order valence-electron chi connectivity index (χ3n) is 3.39. The number of nitrogens with zero attached hydrogens (tertiary/aromatic N) is 1. The molecule has 0 spiro atoms. The zero-order valence-corrected chi connectivity index (χ0v) is 9.70. The zero-order chi connectivity index (χ0) is 11.0. The van der Waals surface area contributed by atoms with Gasteiger partial charge in [0, 0.05) is 25.2 Å². The van der Waals surface area contributed by atoms with E-state index in [9.17, 15) is 0 Å². The summed E-state index contributed by atoms with van der Waals surface area (Å²) in [6.07, 6.45) is 3.90. The summed E-state index contributed by atoms with van der Waals surface area (Å²) in [6.45, 7) is 2.24. The molecule has 3 nitrogen and oxygen atoms in total. The van der Waals surface area contributed by atoms with Gasteiger partial charge >= 0.3 is 0 Å². The van der Waals surface area contributed by atoms with Crippen LogP contribution in [0.1, 0.15) is 19.3 Å². The zero-order valence-electron chi connectivity index (χ0n) is 9.70. The maximum Gasteiger partial charge on any atom is 0.121 e. The summed E-state index contributed by atoms with van der Waals surface area (Å²) in [5.41, 5.74) is 2.57. The number of fused-ring (bicyclic) bond motifs is 1. The van der Waals surface area contributed by atoms with E-state index in [4.69, 9.17) is 4.74 Å². The lowest BCUT2D eigenvalue weighted by atomic mass is 10.2. The Morgan fingerprint density at radius 3 is 3.00 bits per heavy atom. The Kier molecular flexibility index (Phi) is 2.39. The molecule has 1 N–H and O–H groups in total. The number of anilines is 2. The van der Waals surface area contributed by atoms with Gasteiger partial charge in [0.2, 0.25) is 0 Å². The molecule has 0 saturated heterocycles. The van der Waals surface area contributed by atoms with Crippen molar-refractivity contribution in [2.75, 3.05) is 30.4 Å². The molecule has 1 fully saturated rings. The van der Waals surface area contributed by atoms with Gasteiger partial charge in [0.05, 0.1) is 18.5 Å². The number of benzene rings is 1. The monoisotopic (exact) mass is 218 g/mol. The van der Waals surface area contributed by atoms with E-state index in [0.717, 1.165) is 24.9 Å². The molecule has 3 heteroatoms. The van der Waals surface area contributed by atoms with Gasteiger partial charge in [-0.05, 0) is 31.4 Å². The van der Waals surface area contributed by atoms with Gasteiger partial charge in [-0.2, -0.15) is 0 Å². The Balaban J connectivity index is 1.99. The first kappa shape index (κ1) is 9.82. The first-order chi connectivity index (χ1) is 7.88. The predicted octanol–water partition coefficient (Wildman–Crippen LogP) is 2.48. The Labute approximate surface area is 96.4 Å². The predicted molar refractivity (Wildman–Crippen MR) is 66.5 cm³/mol. The summed E-state index contributed by atoms with van der Waals surface area (Å²) in [6, 6.07) is 7.09. The number of rotatable bonds is 2. The van der Waals surface area contributed by atoms with Crippen molar-refractivity contribution in [3.63, 3.8) is 0 Å². The molecule has 0 aromatic heterocycles. The molecule has 0 atom stereocenters. The summed E-state index contributed by atoms with van der Waals surface area (Å²) in [5, 5.41) is 3.49. The molecule has 0 unspecified atom stereocenters. The topological polar surface area (TPSA) is 24.5 Å². The first-order valence-corrected chi connectivity index (χ1v) is 6.07. The van der Waals surface area contributed by atoms with Crippen molar-refractivity contribution in [3.05, 3.63) is 18.2 Å². The molecule has 1 heterocycles. The highest BCUT2D eigenvalue weighted by molar-refractivity contribution is 5.73. The van der Waals surface area contributed by atoms with Gasteiger partial charge in [-0.25, -0.2) is 0 Å². The summed E-state index contributed by atoms with van der Waals surface area (Å²) >= 11 is 0. The number of ether oxygens (including phenoxy) is 1. The average Bonchev–Trinajstić information content (AvgIpc) is 3.13. The fourth-order valence-corrected chi connectivity index (χ4v) is 2.38. The second-order valence-corrected chi connectivity index (χ2v) is 4.59. The molecule has 1 aromatic rings. The van der Waals surface area contributed by atoms with E-state index < -0.39 is 0 Å². The van der Waals surface area contributed by atoms with Crippen molar-refractivity contribution in [2.24, 2.45) is 0 Å². The SMILES string of the molecule is COc1ccc2c(c1)N(C1CC1)CCCN2. The maximum absolute atomic E-state index is 5.32. The molecule has 1 aromatic carbocycles. The van der Waals surface area contributed by atoms with E-state index in [-0.39, 0.29) is 0 Å². The highest BCUT2D eigenvalue weighted by Gasteiger charge is 2.31. The van der Waals surface area contributed by atoms with Crippen LogP contribution in [0.3, 0.4) is 0 Å². The van der Waals surface area contributed by atoms with Crippen LogP contribution in [-0.2, 0) is 0 Å². The molecule has 0 radical (unpaired) electrons. The lowest BCUT2D eigenvalue weighted by Gasteiger charge is -2.24. The van der Waals surface area contributed by atoms with Crippen LogP contribution in [0.4, 0.5) is 11.4 Å². The normalized spacial score (nSPS) is 19.7. The Bertz CT molecular complexity index is 388. The largest absolute Gasteiger partial charge is 0.497 e. The van der Waals surface area contributed by atoms with Crippen molar-refractivity contribution < 1.29 is 4.74 Å². The van der Waals surface area contributed by atoms with E-state index in [1.807, 2.05) is 6.07 Å². The lowest BCUT2D eigenvalue weighted by Crippen LogP contribution is -2.26. The molecule has 0 bridgehead atoms. The van der Waals surface area contributed by atoms with Gasteiger partial charge in [-0.15, -0.1) is 0 Å². The summed E-state index contributed by atoms with van der Waals surface area (Å²) in [5.74, 6) is 0.952. The van der Waals surface area contributed by atoms with Crippen molar-refractivity contribution in [1.29, 1.82) is 0 Å². The van der Waals surface area contributed by atoms with Crippen LogP contribution in [-0.4, -0.2) is 26.2 Å². The van der Waals surface area contributed by atoms with Crippen LogP contribution in [0.2, 0.25) is 0 Å². The van der Waals surface area contributed by atoms with Gasteiger partial charge in [0.25, 0.3) is 0 Å². The quantitative estimate of drug-likeness (QED) is 0.825. The van der Waals surface area contributed by atoms with Crippen molar-refractivity contribution >= 4 is 11.4 Å². The molecule has 2 aliphatic rings. The van der Waals surface area contributed by atoms with E-state index >= 15 is 0 Å². The fourth-order valence-electron chi connectivity index (χ4n) is 2.38. The molecule has 86 valence electrons. The minimum absolute atomic E-state index is 0.769. The molecule has 16 heavy (non-hydrogen) atoms. The minimum atomic E-state index is 0.769. The number of methoxy groups -OCH3 is 1. The second kappa shape index (κ2) is 3.89. The van der Waals surface area contributed by atoms with E-state index in [0.29, 0.717) is 0 Å². The van der Waals surface area contributed by atoms with Gasteiger partial charge in [0.1, 0.15) is 5.75 Å². The highest BCUT2D eigenvalue weighted by Crippen LogP contribution is 2.39. The number of hydrogen-bond acceptors (Lipinski definition) is 3. The molecule has 1 aliphatic heterocycles. The van der Waals surface area contributed by atoms with Gasteiger partial charge in [-0.1, -0.05) is 0 Å².